The van der Waals surface area contributed by atoms with Crippen molar-refractivity contribution in [3.05, 3.63) is 59.7 Å². The Hall–Kier alpha value is -5.36. The summed E-state index contributed by atoms with van der Waals surface area (Å²) in [5.41, 5.74) is 1.47. The molecule has 3 aromatic heterocycles. The van der Waals surface area contributed by atoms with Crippen LogP contribution in [0.2, 0.25) is 0 Å². The normalized spacial score (nSPS) is 18.2. The van der Waals surface area contributed by atoms with Crippen molar-refractivity contribution in [1.29, 1.82) is 5.26 Å². The van der Waals surface area contributed by atoms with Gasteiger partial charge in [0.05, 0.1) is 36.1 Å². The molecule has 2 fully saturated rings. The van der Waals surface area contributed by atoms with Crippen molar-refractivity contribution in [3.8, 4) is 17.3 Å². The number of rotatable bonds is 10. The van der Waals surface area contributed by atoms with E-state index in [9.17, 15) is 19.6 Å². The van der Waals surface area contributed by atoms with Gasteiger partial charge in [-0.3, -0.25) is 4.79 Å². The van der Waals surface area contributed by atoms with Crippen LogP contribution < -0.4 is 15.1 Å². The molecule has 2 saturated heterocycles. The Balaban J connectivity index is 1.05. The van der Waals surface area contributed by atoms with Gasteiger partial charge in [-0.15, -0.1) is 0 Å². The number of Topliss-reactive ketones (excluding diaryl/α,β-unsaturated/α-hetero) is 1. The molecule has 3 aliphatic rings. The topological polar surface area (TPSA) is 170 Å². The van der Waals surface area contributed by atoms with Crippen LogP contribution in [-0.4, -0.2) is 117 Å². The molecule has 1 atom stereocenters. The van der Waals surface area contributed by atoms with Gasteiger partial charge in [0.25, 0.3) is 0 Å². The van der Waals surface area contributed by atoms with E-state index in [2.05, 4.69) is 31.2 Å². The average Bonchev–Trinajstić information content (AvgIpc) is 3.50. The summed E-state index contributed by atoms with van der Waals surface area (Å²) >= 11 is 0. The smallest absolute Gasteiger partial charge is 0.407 e. The number of urea groups is 1. The standard InChI is InChI=1S/C35H42N10O5/c1-34(2,3)50-32(47)38-11-15-49-16-14-43-22-25-21-42(12-13-44(25)33(43)48)31-39-18-24(19-40-31)27-9-8-26-29(46)35(4,5)45(30(26)41-27)20-23-7-6-10-37-28(23)17-36/h6-10,18-19,25H,11-16,20-22H2,1-5H3,(H,38,47)/t25-/m0/s1. The summed E-state index contributed by atoms with van der Waals surface area (Å²) < 4.78 is 10.9. The largest absolute Gasteiger partial charge is 0.444 e. The lowest BCUT2D eigenvalue weighted by Crippen LogP contribution is -2.52. The molecule has 262 valence electrons. The van der Waals surface area contributed by atoms with E-state index in [4.69, 9.17) is 14.5 Å². The van der Waals surface area contributed by atoms with Crippen LogP contribution in [-0.2, 0) is 16.0 Å². The van der Waals surface area contributed by atoms with Crippen LogP contribution in [0.3, 0.4) is 0 Å². The van der Waals surface area contributed by atoms with Crippen molar-refractivity contribution in [2.24, 2.45) is 0 Å². The number of ether oxygens (including phenoxy) is 2. The second-order valence-electron chi connectivity index (χ2n) is 14.0. The summed E-state index contributed by atoms with van der Waals surface area (Å²) in [5.74, 6) is 1.08. The first kappa shape index (κ1) is 34.5. The Morgan fingerprint density at radius 1 is 1.08 bits per heavy atom. The van der Waals surface area contributed by atoms with Crippen LogP contribution in [0.15, 0.2) is 42.9 Å². The Labute approximate surface area is 291 Å². The van der Waals surface area contributed by atoms with Crippen molar-refractivity contribution < 1.29 is 23.9 Å². The summed E-state index contributed by atoms with van der Waals surface area (Å²) in [6.07, 6.45) is 4.55. The minimum atomic E-state index is -0.857. The molecule has 15 heteroatoms. The Bertz CT molecular complexity index is 1800. The van der Waals surface area contributed by atoms with Crippen LogP contribution in [0.5, 0.6) is 0 Å². The Morgan fingerprint density at radius 3 is 2.60 bits per heavy atom. The molecule has 0 aliphatic carbocycles. The van der Waals surface area contributed by atoms with Crippen molar-refractivity contribution in [2.45, 2.75) is 58.3 Å². The highest BCUT2D eigenvalue weighted by Crippen LogP contribution is 2.40. The van der Waals surface area contributed by atoms with Gasteiger partial charge in [0, 0.05) is 75.5 Å². The van der Waals surface area contributed by atoms with E-state index in [0.29, 0.717) is 98.9 Å². The molecular weight excluding hydrogens is 640 g/mol. The lowest BCUT2D eigenvalue weighted by atomic mass is 9.97. The summed E-state index contributed by atoms with van der Waals surface area (Å²) in [4.78, 5) is 64.3. The Kier molecular flexibility index (Phi) is 9.57. The first-order chi connectivity index (χ1) is 23.9. The fourth-order valence-corrected chi connectivity index (χ4v) is 6.40. The number of hydrogen-bond donors (Lipinski definition) is 1. The van der Waals surface area contributed by atoms with Gasteiger partial charge in [0.15, 0.2) is 5.78 Å². The maximum atomic E-state index is 13.4. The van der Waals surface area contributed by atoms with E-state index < -0.39 is 17.2 Å². The molecule has 3 aromatic rings. The zero-order chi connectivity index (χ0) is 35.6. The molecule has 0 spiro atoms. The van der Waals surface area contributed by atoms with Crippen LogP contribution in [0.4, 0.5) is 21.4 Å². The van der Waals surface area contributed by atoms with Gasteiger partial charge in [-0.2, -0.15) is 5.26 Å². The molecule has 6 heterocycles. The predicted octanol–water partition coefficient (Wildman–Crippen LogP) is 3.25. The first-order valence-corrected chi connectivity index (χ1v) is 16.7. The molecule has 3 amide bonds. The lowest BCUT2D eigenvalue weighted by Gasteiger charge is -2.36. The van der Waals surface area contributed by atoms with E-state index in [0.717, 1.165) is 0 Å². The van der Waals surface area contributed by atoms with Crippen molar-refractivity contribution in [3.63, 3.8) is 0 Å². The second kappa shape index (κ2) is 13.9. The molecule has 15 nitrogen and oxygen atoms in total. The second-order valence-corrected chi connectivity index (χ2v) is 14.0. The number of alkyl carbamates (subject to hydrolysis) is 1. The lowest BCUT2D eigenvalue weighted by molar-refractivity contribution is 0.0495. The van der Waals surface area contributed by atoms with Gasteiger partial charge in [-0.05, 0) is 52.8 Å². The molecule has 0 aromatic carbocycles. The number of nitriles is 1. The Morgan fingerprint density at radius 2 is 1.86 bits per heavy atom. The maximum Gasteiger partial charge on any atom is 0.407 e. The number of pyridine rings is 2. The van der Waals surface area contributed by atoms with Gasteiger partial charge >= 0.3 is 12.1 Å². The number of anilines is 2. The van der Waals surface area contributed by atoms with E-state index >= 15 is 0 Å². The predicted molar refractivity (Wildman–Crippen MR) is 184 cm³/mol. The van der Waals surface area contributed by atoms with E-state index in [-0.39, 0.29) is 17.9 Å². The van der Waals surface area contributed by atoms with Crippen LogP contribution in [0.25, 0.3) is 11.3 Å². The number of aromatic nitrogens is 4. The van der Waals surface area contributed by atoms with Crippen LogP contribution in [0.1, 0.15) is 56.2 Å². The number of carbonyl (C=O) groups excluding carboxylic acids is 3. The minimum absolute atomic E-state index is 0.0000210. The zero-order valence-electron chi connectivity index (χ0n) is 29.0. The van der Waals surface area contributed by atoms with Gasteiger partial charge in [-0.1, -0.05) is 6.07 Å². The van der Waals surface area contributed by atoms with Crippen molar-refractivity contribution >= 4 is 29.7 Å². The zero-order valence-corrected chi connectivity index (χ0v) is 29.0. The number of hydrogen-bond acceptors (Lipinski definition) is 12. The SMILES string of the molecule is CC(C)(C)OC(=O)NCCOCCN1C[C@@H]2CN(c3ncc(-c4ccc5c(n4)N(Cc4cccnc4C#N)C(C)(C)C5=O)cn3)CCN2C1=O. The highest BCUT2D eigenvalue weighted by atomic mass is 16.6. The average molecular weight is 683 g/mol. The van der Waals surface area contributed by atoms with E-state index in [1.165, 1.54) is 0 Å². The number of ketones is 1. The third-order valence-electron chi connectivity index (χ3n) is 9.00. The summed E-state index contributed by atoms with van der Waals surface area (Å²) in [6.45, 7) is 13.2. The number of nitrogens with zero attached hydrogens (tertiary/aromatic N) is 9. The summed E-state index contributed by atoms with van der Waals surface area (Å²) in [7, 11) is 0. The molecule has 1 N–H and O–H groups in total. The van der Waals surface area contributed by atoms with Gasteiger partial charge in [-0.25, -0.2) is 29.5 Å². The number of nitrogens with one attached hydrogen (secondary N) is 1. The highest BCUT2D eigenvalue weighted by molar-refractivity contribution is 6.12. The third-order valence-corrected chi connectivity index (χ3v) is 9.00. The molecule has 50 heavy (non-hydrogen) atoms. The van der Waals surface area contributed by atoms with Crippen molar-refractivity contribution in [1.82, 2.24) is 35.1 Å². The van der Waals surface area contributed by atoms with E-state index in [1.54, 1.807) is 62.5 Å². The molecule has 0 saturated carbocycles. The van der Waals surface area contributed by atoms with E-state index in [1.807, 2.05) is 29.7 Å². The molecule has 6 rings (SSSR count). The fraction of sp³-hybridized carbons (Fsp3) is 0.486. The summed E-state index contributed by atoms with van der Waals surface area (Å²) in [6, 6.07) is 9.34. The fourth-order valence-electron chi connectivity index (χ4n) is 6.40. The number of carbonyl (C=O) groups is 3. The molecule has 0 unspecified atom stereocenters. The first-order valence-electron chi connectivity index (χ1n) is 16.7. The number of piperazine rings is 1. The highest BCUT2D eigenvalue weighted by Gasteiger charge is 2.45. The van der Waals surface area contributed by atoms with Crippen LogP contribution >= 0.6 is 0 Å². The van der Waals surface area contributed by atoms with Crippen LogP contribution in [0, 0.1) is 11.3 Å². The van der Waals surface area contributed by atoms with Gasteiger partial charge in [0.1, 0.15) is 23.2 Å². The molecular formula is C35H42N10O5. The maximum absolute atomic E-state index is 13.4. The molecule has 0 radical (unpaired) electrons. The third kappa shape index (κ3) is 7.16. The number of amides is 3. The van der Waals surface area contributed by atoms with Gasteiger partial charge < -0.3 is 34.4 Å². The minimum Gasteiger partial charge on any atom is -0.444 e. The quantitative estimate of drug-likeness (QED) is 0.310. The molecule has 0 bridgehead atoms. The van der Waals surface area contributed by atoms with Gasteiger partial charge in [0.2, 0.25) is 5.95 Å². The number of fused-ring (bicyclic) bond motifs is 2. The monoisotopic (exact) mass is 682 g/mol. The van der Waals surface area contributed by atoms with Crippen molar-refractivity contribution in [2.75, 3.05) is 62.3 Å². The summed E-state index contributed by atoms with van der Waals surface area (Å²) in [5, 5.41) is 12.2. The molecule has 3 aliphatic heterocycles.